The van der Waals surface area contributed by atoms with Crippen molar-refractivity contribution in [2.75, 3.05) is 0 Å². The molecule has 0 aliphatic heterocycles. The Hall–Kier alpha value is -1.20. The summed E-state index contributed by atoms with van der Waals surface area (Å²) < 4.78 is 240. The highest BCUT2D eigenvalue weighted by atomic mass is 28.4. The summed E-state index contributed by atoms with van der Waals surface area (Å²) in [5, 5.41) is 0. The van der Waals surface area contributed by atoms with E-state index in [1.807, 2.05) is 0 Å². The molecule has 0 saturated heterocycles. The summed E-state index contributed by atoms with van der Waals surface area (Å²) in [4.78, 5) is 0.790. The minimum atomic E-state index is -7.78. The van der Waals surface area contributed by atoms with E-state index in [2.05, 4.69) is 13.3 Å². The van der Waals surface area contributed by atoms with Crippen LogP contribution in [-0.4, -0.2) is 70.4 Å². The zero-order valence-corrected chi connectivity index (χ0v) is 17.3. The van der Waals surface area contributed by atoms with E-state index in [4.69, 9.17) is 0 Å². The fraction of sp³-hybridized carbons (Fsp3) is 1.00. The normalized spacial score (nSPS) is 15.8. The molecule has 0 radical (unpaired) electrons. The topological polar surface area (TPSA) is 39.7 Å². The minimum absolute atomic E-state index is 0.473. The third kappa shape index (κ3) is 10.4. The first kappa shape index (κ1) is 33.8. The van der Waals surface area contributed by atoms with Crippen molar-refractivity contribution in [3.63, 3.8) is 0 Å². The number of halogens is 18. The molecule has 23 heteroatoms. The van der Waals surface area contributed by atoms with Crippen LogP contribution in [0.15, 0.2) is 0 Å². The predicted octanol–water partition coefficient (Wildman–Crippen LogP) is 5.95. The first-order valence-corrected chi connectivity index (χ1v) is 9.87. The van der Waals surface area contributed by atoms with Gasteiger partial charge in [-0.05, 0) is 0 Å². The zero-order valence-electron chi connectivity index (χ0n) is 16.3. The average molecular weight is 587 g/mol. The Bertz CT molecular complexity index is 550. The Morgan fingerprint density at radius 1 is 0.429 bits per heavy atom. The van der Waals surface area contributed by atoms with Crippen LogP contribution in [0.4, 0.5) is 79.0 Å². The van der Waals surface area contributed by atoms with Crippen LogP contribution < -0.4 is 4.98 Å². The molecule has 0 rings (SSSR count). The lowest BCUT2D eigenvalue weighted by Crippen LogP contribution is -2.71. The van der Waals surface area contributed by atoms with Crippen molar-refractivity contribution in [1.82, 2.24) is 4.98 Å². The van der Waals surface area contributed by atoms with Crippen LogP contribution in [0.25, 0.3) is 0 Å². The van der Waals surface area contributed by atoms with Crippen molar-refractivity contribution in [2.24, 2.45) is 0 Å². The Morgan fingerprint density at radius 3 is 0.714 bits per heavy atom. The second kappa shape index (κ2) is 10.3. The molecular weight excluding hydrogens is 576 g/mol. The Labute approximate surface area is 182 Å². The molecule has 1 N–H and O–H groups in total. The van der Waals surface area contributed by atoms with Gasteiger partial charge in [-0.2, -0.15) is 79.0 Å². The van der Waals surface area contributed by atoms with Gasteiger partial charge in [0.1, 0.15) is 0 Å². The molecular formula is C12H11F18NO3Si. The van der Waals surface area contributed by atoms with E-state index in [0.717, 1.165) is 4.98 Å². The van der Waals surface area contributed by atoms with Gasteiger partial charge in [-0.1, -0.05) is 13.8 Å². The highest BCUT2D eigenvalue weighted by Crippen LogP contribution is 2.44. The van der Waals surface area contributed by atoms with Crippen LogP contribution >= 0.6 is 0 Å². The molecule has 0 aromatic heterocycles. The lowest BCUT2D eigenvalue weighted by molar-refractivity contribution is -0.344. The maximum absolute atomic E-state index is 12.8. The van der Waals surface area contributed by atoms with E-state index in [1.165, 1.54) is 0 Å². The first-order valence-electron chi connectivity index (χ1n) is 8.15. The molecule has 0 fully saturated rings. The van der Waals surface area contributed by atoms with Gasteiger partial charge in [-0.25, -0.2) is 0 Å². The highest BCUT2D eigenvalue weighted by Gasteiger charge is 2.71. The maximum atomic E-state index is 12.8. The van der Waals surface area contributed by atoms with E-state index >= 15 is 0 Å². The van der Waals surface area contributed by atoms with Crippen LogP contribution in [0, 0.1) is 0 Å². The molecule has 0 aliphatic carbocycles. The van der Waals surface area contributed by atoms with Gasteiger partial charge < -0.3 is 13.3 Å². The number of hydrogen-bond donors (Lipinski definition) is 1. The Balaban J connectivity index is 7.23. The van der Waals surface area contributed by atoms with Crippen LogP contribution in [0.1, 0.15) is 13.8 Å². The second-order valence-corrected chi connectivity index (χ2v) is 8.71. The molecule has 0 aliphatic rings. The smallest absolute Gasteiger partial charge is 0.340 e. The van der Waals surface area contributed by atoms with Gasteiger partial charge in [0.05, 0.1) is 0 Å². The third-order valence-electron chi connectivity index (χ3n) is 3.07. The minimum Gasteiger partial charge on any atom is -0.340 e. The van der Waals surface area contributed by atoms with Crippen LogP contribution in [0.2, 0.25) is 0 Å². The molecule has 0 unspecified atom stereocenters. The molecule has 0 heterocycles. The van der Waals surface area contributed by atoms with Gasteiger partial charge in [0.2, 0.25) is 18.3 Å². The van der Waals surface area contributed by atoms with Crippen molar-refractivity contribution in [3.8, 4) is 0 Å². The molecule has 0 aromatic rings. The van der Waals surface area contributed by atoms with Gasteiger partial charge in [0.15, 0.2) is 0 Å². The average Bonchev–Trinajstić information content (AvgIpc) is 2.48. The third-order valence-corrected chi connectivity index (χ3v) is 5.64. The lowest BCUT2D eigenvalue weighted by Gasteiger charge is -2.40. The van der Waals surface area contributed by atoms with Crippen molar-refractivity contribution in [1.29, 1.82) is 0 Å². The summed E-state index contributed by atoms with van der Waals surface area (Å²) in [6.07, 6.45) is -57.7. The summed E-state index contributed by atoms with van der Waals surface area (Å²) >= 11 is 0. The van der Waals surface area contributed by atoms with Crippen molar-refractivity contribution in [3.05, 3.63) is 0 Å². The zero-order chi connectivity index (χ0) is 28.6. The Morgan fingerprint density at radius 2 is 0.600 bits per heavy atom. The van der Waals surface area contributed by atoms with Crippen molar-refractivity contribution < 1.29 is 92.3 Å². The fourth-order valence-corrected chi connectivity index (χ4v) is 4.77. The summed E-state index contributed by atoms with van der Waals surface area (Å²) in [6, 6.07) is -2.06. The SMILES string of the molecule is CC(C)N[Si](OC(C(F)(F)F)C(F)(F)F)(OC(C(F)(F)F)C(F)(F)F)OC(C(F)(F)F)C(F)(F)F. The van der Waals surface area contributed by atoms with Crippen LogP contribution in [0.5, 0.6) is 0 Å². The molecule has 0 spiro atoms. The van der Waals surface area contributed by atoms with Gasteiger partial charge >= 0.3 is 46.0 Å². The summed E-state index contributed by atoms with van der Waals surface area (Å²) in [5.41, 5.74) is 0. The molecule has 212 valence electrons. The van der Waals surface area contributed by atoms with Gasteiger partial charge in [0, 0.05) is 6.04 Å². The summed E-state index contributed by atoms with van der Waals surface area (Å²) in [5.74, 6) is 0. The van der Waals surface area contributed by atoms with Gasteiger partial charge in [-0.3, -0.25) is 4.98 Å². The standard InChI is InChI=1S/C12H11F18NO3Si/c1-3(2)31-35(32-4(7(13,14)15)8(16,17)18,33-5(9(19,20)21)10(22,23)24)34-6(11(25,26)27)12(28,29)30/h3-6,31H,1-2H3. The number of nitrogens with one attached hydrogen (secondary N) is 1. The largest absolute Gasteiger partial charge is 0.599 e. The predicted molar refractivity (Wildman–Crippen MR) is 75.0 cm³/mol. The Kier molecular flexibility index (Phi) is 9.93. The summed E-state index contributed by atoms with van der Waals surface area (Å²) in [6.45, 7) is 0.945. The van der Waals surface area contributed by atoms with E-state index in [9.17, 15) is 79.0 Å². The molecule has 4 nitrogen and oxygen atoms in total. The van der Waals surface area contributed by atoms with E-state index in [0.29, 0.717) is 13.8 Å². The first-order chi connectivity index (χ1) is 14.9. The fourth-order valence-electron chi connectivity index (χ4n) is 1.96. The lowest BCUT2D eigenvalue weighted by atomic mass is 10.3. The molecule has 0 saturated carbocycles. The van der Waals surface area contributed by atoms with Crippen molar-refractivity contribution >= 4 is 8.97 Å². The molecule has 0 amide bonds. The number of alkyl halides is 18. The number of rotatable bonds is 8. The summed E-state index contributed by atoms with van der Waals surface area (Å²) in [7, 11) is -7.78. The number of hydrogen-bond acceptors (Lipinski definition) is 4. The highest BCUT2D eigenvalue weighted by molar-refractivity contribution is 6.58. The quantitative estimate of drug-likeness (QED) is 0.282. The van der Waals surface area contributed by atoms with E-state index < -0.39 is 70.4 Å². The van der Waals surface area contributed by atoms with Gasteiger partial charge in [-0.15, -0.1) is 0 Å². The van der Waals surface area contributed by atoms with E-state index in [1.54, 1.807) is 0 Å². The van der Waals surface area contributed by atoms with Crippen LogP contribution in [0.3, 0.4) is 0 Å². The van der Waals surface area contributed by atoms with E-state index in [-0.39, 0.29) is 0 Å². The second-order valence-electron chi connectivity index (χ2n) is 6.60. The molecule has 35 heavy (non-hydrogen) atoms. The van der Waals surface area contributed by atoms with Gasteiger partial charge in [0.25, 0.3) is 0 Å². The molecule has 0 atom stereocenters. The van der Waals surface area contributed by atoms with Crippen LogP contribution in [-0.2, 0) is 13.3 Å². The maximum Gasteiger partial charge on any atom is 0.599 e. The molecule has 0 bridgehead atoms. The van der Waals surface area contributed by atoms with Crippen molar-refractivity contribution in [2.45, 2.75) is 75.3 Å². The molecule has 0 aromatic carbocycles. The monoisotopic (exact) mass is 587 g/mol.